The fourth-order valence-electron chi connectivity index (χ4n) is 3.35. The van der Waals surface area contributed by atoms with Crippen LogP contribution in [0.4, 0.5) is 31.4 Å². The SMILES string of the molecule is Cc1cc(NC(=O)CSC(N)=O)ccc1COc1ccccc1NC(=O)CSC(N)=O.NC(=O)SCC(=O)Nc1ccccc1O. The van der Waals surface area contributed by atoms with Crippen molar-refractivity contribution in [2.75, 3.05) is 33.2 Å². The quantitative estimate of drug-likeness (QED) is 0.133. The van der Waals surface area contributed by atoms with Crippen molar-refractivity contribution in [2.24, 2.45) is 17.2 Å². The fourth-order valence-corrected chi connectivity index (χ4v) is 4.38. The van der Waals surface area contributed by atoms with Gasteiger partial charge in [-0.15, -0.1) is 0 Å². The molecule has 10 N–H and O–H groups in total. The van der Waals surface area contributed by atoms with Crippen LogP contribution < -0.4 is 37.9 Å². The topological polar surface area (TPSA) is 246 Å². The van der Waals surface area contributed by atoms with Crippen molar-refractivity contribution in [3.05, 3.63) is 77.9 Å². The number of anilines is 3. The minimum atomic E-state index is -0.624. The number of para-hydroxylation sites is 4. The van der Waals surface area contributed by atoms with Crippen LogP contribution in [0.3, 0.4) is 0 Å². The molecular weight excluding hydrogens is 657 g/mol. The summed E-state index contributed by atoms with van der Waals surface area (Å²) in [7, 11) is 0. The number of ether oxygens (including phenoxy) is 1. The van der Waals surface area contributed by atoms with Crippen molar-refractivity contribution in [3.63, 3.8) is 0 Å². The Morgan fingerprint density at radius 3 is 1.67 bits per heavy atom. The number of primary amides is 3. The van der Waals surface area contributed by atoms with Gasteiger partial charge in [-0.05, 0) is 54.4 Å². The molecule has 0 aliphatic rings. The van der Waals surface area contributed by atoms with Crippen molar-refractivity contribution < 1.29 is 38.6 Å². The third kappa shape index (κ3) is 14.7. The molecule has 17 heteroatoms. The molecule has 14 nitrogen and oxygen atoms in total. The Morgan fingerprint density at radius 2 is 1.15 bits per heavy atom. The van der Waals surface area contributed by atoms with E-state index in [1.54, 1.807) is 54.6 Å². The predicted octanol–water partition coefficient (Wildman–Crippen LogP) is 4.22. The van der Waals surface area contributed by atoms with Gasteiger partial charge in [0.05, 0.1) is 28.6 Å². The smallest absolute Gasteiger partial charge is 0.276 e. The van der Waals surface area contributed by atoms with Crippen molar-refractivity contribution in [2.45, 2.75) is 13.5 Å². The van der Waals surface area contributed by atoms with E-state index in [9.17, 15) is 33.9 Å². The van der Waals surface area contributed by atoms with Gasteiger partial charge in [0.2, 0.25) is 17.7 Å². The Labute approximate surface area is 276 Å². The van der Waals surface area contributed by atoms with Gasteiger partial charge in [0, 0.05) is 5.69 Å². The number of carbonyl (C=O) groups is 6. The van der Waals surface area contributed by atoms with E-state index >= 15 is 0 Å². The average molecular weight is 689 g/mol. The molecule has 0 atom stereocenters. The number of aryl methyl sites for hydroxylation is 1. The van der Waals surface area contributed by atoms with Crippen LogP contribution in [-0.4, -0.2) is 55.8 Å². The number of thioether (sulfide) groups is 3. The highest BCUT2D eigenvalue weighted by molar-refractivity contribution is 8.14. The van der Waals surface area contributed by atoms with Gasteiger partial charge in [0.15, 0.2) is 0 Å². The minimum absolute atomic E-state index is 0.0186. The van der Waals surface area contributed by atoms with E-state index in [1.165, 1.54) is 6.07 Å². The summed E-state index contributed by atoms with van der Waals surface area (Å²) in [4.78, 5) is 66.9. The Bertz CT molecular complexity index is 1570. The van der Waals surface area contributed by atoms with E-state index in [0.29, 0.717) is 34.6 Å². The van der Waals surface area contributed by atoms with Crippen molar-refractivity contribution in [1.29, 1.82) is 0 Å². The first-order valence-electron chi connectivity index (χ1n) is 13.1. The summed E-state index contributed by atoms with van der Waals surface area (Å²) in [6, 6.07) is 18.6. The normalized spacial score (nSPS) is 10.0. The molecule has 3 aromatic rings. The molecule has 0 aromatic heterocycles. The lowest BCUT2D eigenvalue weighted by atomic mass is 10.1. The van der Waals surface area contributed by atoms with Crippen LogP contribution in [0.25, 0.3) is 0 Å². The molecule has 0 bridgehead atoms. The van der Waals surface area contributed by atoms with Gasteiger partial charge in [0.25, 0.3) is 15.7 Å². The zero-order chi connectivity index (χ0) is 34.1. The second-order valence-electron chi connectivity index (χ2n) is 8.91. The summed E-state index contributed by atoms with van der Waals surface area (Å²) in [6.45, 7) is 2.11. The second kappa shape index (κ2) is 19.5. The standard InChI is InChI=1S/C20H22N4O5S2.C9H10N2O3S/c1-12-8-14(23-17(25)10-30-19(21)27)7-6-13(12)9-29-16-5-3-2-4-15(16)24-18(26)11-31-20(22)28;10-9(14)15-5-8(13)11-6-3-1-2-4-7(6)12/h2-8H,9-11H2,1H3,(H2,21,27)(H2,22,28)(H,23,25)(H,24,26);1-4,12H,5H2,(H2,10,14)(H,11,13). The van der Waals surface area contributed by atoms with Crippen LogP contribution >= 0.6 is 35.3 Å². The van der Waals surface area contributed by atoms with E-state index in [-0.39, 0.29) is 47.3 Å². The Kier molecular flexibility index (Phi) is 15.8. The van der Waals surface area contributed by atoms with Crippen LogP contribution in [0.5, 0.6) is 11.5 Å². The van der Waals surface area contributed by atoms with Gasteiger partial charge in [-0.3, -0.25) is 28.8 Å². The van der Waals surface area contributed by atoms with E-state index in [4.69, 9.17) is 21.9 Å². The van der Waals surface area contributed by atoms with Crippen LogP contribution in [-0.2, 0) is 21.0 Å². The highest BCUT2D eigenvalue weighted by Gasteiger charge is 2.11. The molecule has 0 unspecified atom stereocenters. The third-order valence-electron chi connectivity index (χ3n) is 5.39. The number of nitrogens with two attached hydrogens (primary N) is 3. The molecular formula is C29H32N6O8S3. The van der Waals surface area contributed by atoms with Crippen molar-refractivity contribution in [3.8, 4) is 11.5 Å². The maximum absolute atomic E-state index is 12.0. The molecule has 0 heterocycles. The number of nitrogens with one attached hydrogen (secondary N) is 3. The summed E-state index contributed by atoms with van der Waals surface area (Å²) in [5.41, 5.74) is 18.1. The molecule has 0 fully saturated rings. The first-order valence-corrected chi connectivity index (χ1v) is 16.0. The molecule has 0 spiro atoms. The summed E-state index contributed by atoms with van der Waals surface area (Å²) < 4.78 is 5.86. The van der Waals surface area contributed by atoms with E-state index < -0.39 is 15.7 Å². The molecule has 6 amide bonds. The molecule has 3 aromatic carbocycles. The van der Waals surface area contributed by atoms with Gasteiger partial charge in [-0.1, -0.05) is 65.6 Å². The summed E-state index contributed by atoms with van der Waals surface area (Å²) in [5.74, 6) is -0.843. The van der Waals surface area contributed by atoms with Crippen LogP contribution in [0.2, 0.25) is 0 Å². The first kappa shape index (κ1) is 37.3. The molecule has 0 saturated heterocycles. The molecule has 0 aliphatic heterocycles. The molecule has 3 rings (SSSR count). The van der Waals surface area contributed by atoms with Crippen molar-refractivity contribution >= 4 is 85.8 Å². The zero-order valence-electron chi connectivity index (χ0n) is 24.4. The number of benzene rings is 3. The maximum atomic E-state index is 12.0. The van der Waals surface area contributed by atoms with Crippen molar-refractivity contribution in [1.82, 2.24) is 0 Å². The van der Waals surface area contributed by atoms with Gasteiger partial charge in [0.1, 0.15) is 18.1 Å². The van der Waals surface area contributed by atoms with E-state index in [0.717, 1.165) is 34.7 Å². The molecule has 46 heavy (non-hydrogen) atoms. The average Bonchev–Trinajstić information content (AvgIpc) is 3.00. The van der Waals surface area contributed by atoms with Crippen LogP contribution in [0.15, 0.2) is 66.7 Å². The molecule has 0 radical (unpaired) electrons. The highest BCUT2D eigenvalue weighted by Crippen LogP contribution is 2.26. The monoisotopic (exact) mass is 688 g/mol. The molecule has 0 aliphatic carbocycles. The lowest BCUT2D eigenvalue weighted by Crippen LogP contribution is -2.17. The lowest BCUT2D eigenvalue weighted by Gasteiger charge is -2.14. The summed E-state index contributed by atoms with van der Waals surface area (Å²) in [5, 5.41) is 15.3. The molecule has 0 saturated carbocycles. The van der Waals surface area contributed by atoms with Crippen LogP contribution in [0.1, 0.15) is 11.1 Å². The number of hydrogen-bond donors (Lipinski definition) is 7. The predicted molar refractivity (Wildman–Crippen MR) is 182 cm³/mol. The summed E-state index contributed by atoms with van der Waals surface area (Å²) >= 11 is 2.16. The highest BCUT2D eigenvalue weighted by atomic mass is 32.2. The summed E-state index contributed by atoms with van der Waals surface area (Å²) in [6.07, 6.45) is 0. The number of carbonyl (C=O) groups excluding carboxylic acids is 6. The van der Waals surface area contributed by atoms with Gasteiger partial charge < -0.3 is 43.0 Å². The first-order chi connectivity index (χ1) is 21.8. The molecule has 244 valence electrons. The van der Waals surface area contributed by atoms with Crippen LogP contribution in [0, 0.1) is 6.92 Å². The zero-order valence-corrected chi connectivity index (χ0v) is 26.9. The van der Waals surface area contributed by atoms with Gasteiger partial charge in [-0.25, -0.2) is 0 Å². The van der Waals surface area contributed by atoms with E-state index in [1.807, 2.05) is 13.0 Å². The van der Waals surface area contributed by atoms with E-state index in [2.05, 4.69) is 16.0 Å². The number of phenolic OH excluding ortho intramolecular Hbond substituents is 1. The Morgan fingerprint density at radius 1 is 0.674 bits per heavy atom. The number of phenols is 1. The Hall–Kier alpha value is -4.87. The third-order valence-corrected chi connectivity index (χ3v) is 7.46. The number of amides is 6. The Balaban J connectivity index is 0.000000410. The largest absolute Gasteiger partial charge is 0.506 e. The maximum Gasteiger partial charge on any atom is 0.276 e. The lowest BCUT2D eigenvalue weighted by molar-refractivity contribution is -0.114. The second-order valence-corrected chi connectivity index (χ2v) is 11.9. The van der Waals surface area contributed by atoms with Gasteiger partial charge in [-0.2, -0.15) is 0 Å². The van der Waals surface area contributed by atoms with Gasteiger partial charge >= 0.3 is 0 Å². The number of hydrogen-bond acceptors (Lipinski definition) is 11. The fraction of sp³-hybridized carbons (Fsp3) is 0.172. The number of aromatic hydroxyl groups is 1. The minimum Gasteiger partial charge on any atom is -0.506 e. The number of rotatable bonds is 12.